The van der Waals surface area contributed by atoms with Gasteiger partial charge in [-0.25, -0.2) is 0 Å². The molecule has 0 aromatic heterocycles. The van der Waals surface area contributed by atoms with Crippen LogP contribution in [0.5, 0.6) is 0 Å². The molecule has 0 atom stereocenters. The van der Waals surface area contributed by atoms with Crippen LogP contribution in [0.4, 0.5) is 5.69 Å². The molecule has 0 unspecified atom stereocenters. The molecule has 0 aliphatic carbocycles. The number of carbonyl (C=O) groups excluding carboxylic acids is 1. The highest BCUT2D eigenvalue weighted by Crippen LogP contribution is 2.32. The highest BCUT2D eigenvalue weighted by atomic mass is 16.1. The third-order valence-corrected chi connectivity index (χ3v) is 3.57. The Kier molecular flexibility index (Phi) is 2.91. The van der Waals surface area contributed by atoms with Crippen molar-refractivity contribution in [3.8, 4) is 0 Å². The summed E-state index contributed by atoms with van der Waals surface area (Å²) in [5.74, 6) is 0. The molecule has 3 rings (SSSR count). The van der Waals surface area contributed by atoms with E-state index in [1.807, 2.05) is 48.5 Å². The van der Waals surface area contributed by atoms with E-state index in [0.29, 0.717) is 17.9 Å². The molecule has 0 radical (unpaired) electrons. The number of para-hydroxylation sites is 1. The second kappa shape index (κ2) is 4.74. The van der Waals surface area contributed by atoms with Gasteiger partial charge in [-0.2, -0.15) is 0 Å². The van der Waals surface area contributed by atoms with Crippen LogP contribution in [-0.2, 0) is 11.3 Å². The number of hydrogen-bond donors (Lipinski definition) is 2. The molecule has 1 aliphatic heterocycles. The molecule has 0 saturated carbocycles. The summed E-state index contributed by atoms with van der Waals surface area (Å²) < 4.78 is 0. The first kappa shape index (κ1) is 12.3. The number of anilines is 1. The predicted molar refractivity (Wildman–Crippen MR) is 80.3 cm³/mol. The Morgan fingerprint density at radius 3 is 2.25 bits per heavy atom. The fourth-order valence-corrected chi connectivity index (χ4v) is 2.53. The molecule has 4 nitrogen and oxygen atoms in total. The second-order valence-corrected chi connectivity index (χ2v) is 4.73. The molecule has 100 valence electrons. The van der Waals surface area contributed by atoms with E-state index in [1.54, 1.807) is 4.90 Å². The third-order valence-electron chi connectivity index (χ3n) is 3.57. The van der Waals surface area contributed by atoms with Crippen molar-refractivity contribution in [2.45, 2.75) is 6.54 Å². The molecule has 1 aliphatic rings. The summed E-state index contributed by atoms with van der Waals surface area (Å²) in [6.45, 7) is 0.477. The Hall–Kier alpha value is -2.75. The van der Waals surface area contributed by atoms with Gasteiger partial charge in [0.2, 0.25) is 6.41 Å². The van der Waals surface area contributed by atoms with Gasteiger partial charge in [0.1, 0.15) is 0 Å². The van der Waals surface area contributed by atoms with Crippen molar-refractivity contribution in [1.82, 2.24) is 0 Å². The van der Waals surface area contributed by atoms with Crippen LogP contribution < -0.4 is 16.4 Å². The van der Waals surface area contributed by atoms with Gasteiger partial charge in [-0.3, -0.25) is 4.79 Å². The number of rotatable bonds is 1. The molecule has 0 spiro atoms. The molecule has 0 bridgehead atoms. The molecule has 1 heterocycles. The van der Waals surface area contributed by atoms with Crippen molar-refractivity contribution < 1.29 is 4.79 Å². The molecular weight excluding hydrogens is 250 g/mol. The molecule has 1 amide bonds. The van der Waals surface area contributed by atoms with Gasteiger partial charge < -0.3 is 16.4 Å². The topological polar surface area (TPSA) is 72.3 Å². The molecule has 0 saturated heterocycles. The fraction of sp³-hybridized carbons (Fsp3) is 0.0625. The van der Waals surface area contributed by atoms with E-state index in [2.05, 4.69) is 0 Å². The number of nitrogens with zero attached hydrogens (tertiary/aromatic N) is 1. The molecule has 2 aromatic rings. The first-order chi connectivity index (χ1) is 9.72. The standard InChI is InChI=1S/C16H15N3O/c17-15-12-6-2-1-5-11(12)9-19(10-20)14-8-4-3-7-13(14)16(15)18/h1-8,10H,9,17-18H2/b16-15-. The average Bonchev–Trinajstić information content (AvgIpc) is 2.50. The number of fused-ring (bicyclic) bond motifs is 2. The Morgan fingerprint density at radius 2 is 1.50 bits per heavy atom. The van der Waals surface area contributed by atoms with E-state index >= 15 is 0 Å². The Bertz CT molecular complexity index is 706. The lowest BCUT2D eigenvalue weighted by Gasteiger charge is -2.26. The number of benzene rings is 2. The number of nitrogens with two attached hydrogens (primary N) is 2. The summed E-state index contributed by atoms with van der Waals surface area (Å²) in [5, 5.41) is 0. The minimum atomic E-state index is 0.477. The summed E-state index contributed by atoms with van der Waals surface area (Å²) >= 11 is 0. The van der Waals surface area contributed by atoms with Gasteiger partial charge >= 0.3 is 0 Å². The first-order valence-corrected chi connectivity index (χ1v) is 6.37. The van der Waals surface area contributed by atoms with Crippen LogP contribution in [0.25, 0.3) is 11.4 Å². The van der Waals surface area contributed by atoms with Gasteiger partial charge in [-0.1, -0.05) is 42.5 Å². The maximum Gasteiger partial charge on any atom is 0.214 e. The van der Waals surface area contributed by atoms with Crippen LogP contribution in [0.2, 0.25) is 0 Å². The average molecular weight is 265 g/mol. The Balaban J connectivity index is 2.32. The molecule has 0 fully saturated rings. The lowest BCUT2D eigenvalue weighted by molar-refractivity contribution is -0.107. The molecule has 2 aromatic carbocycles. The van der Waals surface area contributed by atoms with Crippen molar-refractivity contribution in [1.29, 1.82) is 0 Å². The van der Waals surface area contributed by atoms with Crippen molar-refractivity contribution in [2.24, 2.45) is 11.5 Å². The minimum Gasteiger partial charge on any atom is -0.397 e. The summed E-state index contributed by atoms with van der Waals surface area (Å²) in [7, 11) is 0. The van der Waals surface area contributed by atoms with Crippen molar-refractivity contribution in [3.63, 3.8) is 0 Å². The van der Waals surface area contributed by atoms with E-state index in [4.69, 9.17) is 11.5 Å². The monoisotopic (exact) mass is 265 g/mol. The Labute approximate surface area is 117 Å². The summed E-state index contributed by atoms with van der Waals surface area (Å²) in [6, 6.07) is 15.2. The van der Waals surface area contributed by atoms with E-state index in [9.17, 15) is 4.79 Å². The van der Waals surface area contributed by atoms with Gasteiger partial charge in [-0.05, 0) is 11.6 Å². The zero-order chi connectivity index (χ0) is 14.1. The van der Waals surface area contributed by atoms with E-state index in [0.717, 1.165) is 28.8 Å². The maximum absolute atomic E-state index is 11.4. The van der Waals surface area contributed by atoms with Gasteiger partial charge in [0.05, 0.1) is 23.6 Å². The zero-order valence-corrected chi connectivity index (χ0v) is 10.9. The maximum atomic E-state index is 11.4. The lowest BCUT2D eigenvalue weighted by Crippen LogP contribution is -2.25. The van der Waals surface area contributed by atoms with Crippen LogP contribution in [-0.4, -0.2) is 6.41 Å². The van der Waals surface area contributed by atoms with E-state index in [1.165, 1.54) is 0 Å². The van der Waals surface area contributed by atoms with Crippen LogP contribution >= 0.6 is 0 Å². The first-order valence-electron chi connectivity index (χ1n) is 6.37. The number of amides is 1. The summed E-state index contributed by atoms with van der Waals surface area (Å²) in [4.78, 5) is 13.1. The normalized spacial score (nSPS) is 17.7. The van der Waals surface area contributed by atoms with E-state index in [-0.39, 0.29) is 0 Å². The van der Waals surface area contributed by atoms with Crippen LogP contribution in [0.15, 0.2) is 48.5 Å². The largest absolute Gasteiger partial charge is 0.397 e. The molecule has 4 N–H and O–H groups in total. The van der Waals surface area contributed by atoms with Gasteiger partial charge in [0, 0.05) is 11.1 Å². The number of hydrogen-bond acceptors (Lipinski definition) is 3. The number of carbonyl (C=O) groups is 1. The highest BCUT2D eigenvalue weighted by Gasteiger charge is 2.20. The van der Waals surface area contributed by atoms with Crippen LogP contribution in [0.1, 0.15) is 16.7 Å². The van der Waals surface area contributed by atoms with Crippen LogP contribution in [0, 0.1) is 0 Å². The zero-order valence-electron chi connectivity index (χ0n) is 10.9. The predicted octanol–water partition coefficient (Wildman–Crippen LogP) is 1.91. The summed E-state index contributed by atoms with van der Waals surface area (Å²) in [6.07, 6.45) is 0.824. The van der Waals surface area contributed by atoms with Crippen molar-refractivity contribution >= 4 is 23.5 Å². The van der Waals surface area contributed by atoms with Gasteiger partial charge in [-0.15, -0.1) is 0 Å². The summed E-state index contributed by atoms with van der Waals surface area (Å²) in [5.41, 5.74) is 16.9. The quantitative estimate of drug-likeness (QED) is 0.774. The minimum absolute atomic E-state index is 0.477. The molecule has 20 heavy (non-hydrogen) atoms. The van der Waals surface area contributed by atoms with Gasteiger partial charge in [0.15, 0.2) is 0 Å². The SMILES string of the molecule is N/C1=C(\N)c2ccccc2N(C=O)Cc2ccccc21. The third kappa shape index (κ3) is 1.82. The van der Waals surface area contributed by atoms with Crippen molar-refractivity contribution in [2.75, 3.05) is 4.90 Å². The second-order valence-electron chi connectivity index (χ2n) is 4.73. The van der Waals surface area contributed by atoms with E-state index < -0.39 is 0 Å². The fourth-order valence-electron chi connectivity index (χ4n) is 2.53. The molecular formula is C16H15N3O. The lowest BCUT2D eigenvalue weighted by atomic mass is 9.97. The highest BCUT2D eigenvalue weighted by molar-refractivity contribution is 5.95. The Morgan fingerprint density at radius 1 is 0.900 bits per heavy atom. The van der Waals surface area contributed by atoms with Crippen LogP contribution in [0.3, 0.4) is 0 Å². The molecule has 4 heteroatoms. The van der Waals surface area contributed by atoms with Gasteiger partial charge in [0.25, 0.3) is 0 Å². The smallest absolute Gasteiger partial charge is 0.214 e. The van der Waals surface area contributed by atoms with Crippen molar-refractivity contribution in [3.05, 3.63) is 65.2 Å².